The first-order chi connectivity index (χ1) is 7.82. The van der Waals surface area contributed by atoms with Gasteiger partial charge in [-0.2, -0.15) is 0 Å². The van der Waals surface area contributed by atoms with Crippen LogP contribution in [0.25, 0.3) is 0 Å². The summed E-state index contributed by atoms with van der Waals surface area (Å²) < 4.78 is 0. The average Bonchev–Trinajstić information content (AvgIpc) is 2.29. The Labute approximate surface area is 92.9 Å². The van der Waals surface area contributed by atoms with E-state index in [9.17, 15) is 15.0 Å². The van der Waals surface area contributed by atoms with E-state index in [4.69, 9.17) is 25.7 Å². The summed E-state index contributed by atoms with van der Waals surface area (Å²) in [5.74, 6) is -8.09. The fraction of sp³-hybridized carbons (Fsp3) is 0.125. The maximum Gasteiger partial charge on any atom is 0.341 e. The van der Waals surface area contributed by atoms with E-state index in [-0.39, 0.29) is 0 Å². The molecule has 94 valence electrons. The summed E-state index contributed by atoms with van der Waals surface area (Å²) in [6.45, 7) is 0. The number of aromatic hydroxyl groups is 5. The molecule has 1 atom stereocenters. The fourth-order valence-electron chi connectivity index (χ4n) is 1.17. The largest absolute Gasteiger partial charge is 0.504 e. The summed E-state index contributed by atoms with van der Waals surface area (Å²) in [6, 6.07) is 0. The molecule has 0 aliphatic rings. The number of carboxylic acid groups (broad SMARTS) is 1. The van der Waals surface area contributed by atoms with Crippen molar-refractivity contribution >= 4 is 5.97 Å². The maximum atomic E-state index is 10.6. The van der Waals surface area contributed by atoms with Gasteiger partial charge >= 0.3 is 5.97 Å². The Morgan fingerprint density at radius 1 is 0.882 bits per heavy atom. The van der Waals surface area contributed by atoms with Crippen LogP contribution in [0.5, 0.6) is 28.7 Å². The third kappa shape index (κ3) is 1.84. The molecule has 1 aromatic rings. The number of phenolic OH excluding ortho intramolecular Hbond substituents is 5. The molecule has 7 N–H and O–H groups in total. The standard InChI is InChI=1S/C8H8O9/c9-2-1(7(17-16)8(14)15)3(10)5(12)6(13)4(2)11/h7,9-13,16H,(H,14,15). The number of rotatable bonds is 3. The molecule has 0 aromatic heterocycles. The first-order valence-corrected chi connectivity index (χ1v) is 4.04. The topological polar surface area (TPSA) is 168 Å². The molecule has 0 heterocycles. The van der Waals surface area contributed by atoms with Gasteiger partial charge in [-0.15, -0.1) is 0 Å². The predicted octanol–water partition coefficient (Wildman–Crippen LogP) is -0.170. The third-order valence-electron chi connectivity index (χ3n) is 2.00. The van der Waals surface area contributed by atoms with Crippen LogP contribution in [-0.2, 0) is 9.68 Å². The summed E-state index contributed by atoms with van der Waals surface area (Å²) in [5, 5.41) is 62.8. The summed E-state index contributed by atoms with van der Waals surface area (Å²) in [5.41, 5.74) is -1.01. The third-order valence-corrected chi connectivity index (χ3v) is 2.00. The lowest BCUT2D eigenvalue weighted by Gasteiger charge is -2.15. The average molecular weight is 248 g/mol. The molecular weight excluding hydrogens is 240 g/mol. The van der Waals surface area contributed by atoms with Gasteiger partial charge in [0.05, 0.1) is 5.56 Å². The molecule has 0 saturated heterocycles. The highest BCUT2D eigenvalue weighted by Gasteiger charge is 2.33. The van der Waals surface area contributed by atoms with Gasteiger partial charge in [-0.1, -0.05) is 0 Å². The molecular formula is C8H8O9. The second-order valence-electron chi connectivity index (χ2n) is 2.98. The number of carbonyl (C=O) groups is 1. The number of phenols is 5. The molecule has 17 heavy (non-hydrogen) atoms. The van der Waals surface area contributed by atoms with E-state index in [0.29, 0.717) is 0 Å². The van der Waals surface area contributed by atoms with Crippen molar-refractivity contribution in [1.82, 2.24) is 0 Å². The molecule has 0 bridgehead atoms. The van der Waals surface area contributed by atoms with Crippen molar-refractivity contribution in [3.8, 4) is 28.7 Å². The lowest BCUT2D eigenvalue weighted by molar-refractivity contribution is -0.279. The first-order valence-electron chi connectivity index (χ1n) is 4.04. The van der Waals surface area contributed by atoms with Crippen LogP contribution in [0.4, 0.5) is 0 Å². The number of hydrogen-bond donors (Lipinski definition) is 7. The minimum Gasteiger partial charge on any atom is -0.504 e. The van der Waals surface area contributed by atoms with Gasteiger partial charge in [0.2, 0.25) is 23.4 Å². The van der Waals surface area contributed by atoms with E-state index >= 15 is 0 Å². The van der Waals surface area contributed by atoms with Crippen molar-refractivity contribution < 1.29 is 45.6 Å². The first kappa shape index (κ1) is 12.7. The lowest BCUT2D eigenvalue weighted by Crippen LogP contribution is -2.14. The molecule has 0 amide bonds. The van der Waals surface area contributed by atoms with Crippen LogP contribution in [0.3, 0.4) is 0 Å². The van der Waals surface area contributed by atoms with Crippen molar-refractivity contribution in [2.75, 3.05) is 0 Å². The monoisotopic (exact) mass is 248 g/mol. The zero-order chi connectivity index (χ0) is 13.3. The zero-order valence-corrected chi connectivity index (χ0v) is 8.02. The minimum atomic E-state index is -2.26. The minimum absolute atomic E-state index is 1.01. The Balaban J connectivity index is 3.58. The highest BCUT2D eigenvalue weighted by atomic mass is 17.1. The molecule has 1 unspecified atom stereocenters. The molecule has 0 fully saturated rings. The number of benzene rings is 1. The van der Waals surface area contributed by atoms with Crippen LogP contribution in [-0.4, -0.2) is 41.9 Å². The van der Waals surface area contributed by atoms with Gasteiger partial charge < -0.3 is 30.6 Å². The molecule has 0 radical (unpaired) electrons. The van der Waals surface area contributed by atoms with E-state index in [1.807, 2.05) is 0 Å². The number of hydrogen-bond acceptors (Lipinski definition) is 8. The summed E-state index contributed by atoms with van der Waals surface area (Å²) in [4.78, 5) is 14.1. The van der Waals surface area contributed by atoms with Gasteiger partial charge in [0, 0.05) is 0 Å². The Morgan fingerprint density at radius 2 is 1.24 bits per heavy atom. The van der Waals surface area contributed by atoms with E-state index < -0.39 is 46.4 Å². The van der Waals surface area contributed by atoms with Gasteiger partial charge in [0.15, 0.2) is 11.5 Å². The van der Waals surface area contributed by atoms with Gasteiger partial charge in [-0.25, -0.2) is 9.68 Å². The smallest absolute Gasteiger partial charge is 0.341 e. The van der Waals surface area contributed by atoms with Gasteiger partial charge in [-0.05, 0) is 0 Å². The van der Waals surface area contributed by atoms with Gasteiger partial charge in [0.25, 0.3) is 0 Å². The Hall–Kier alpha value is -2.39. The van der Waals surface area contributed by atoms with E-state index in [1.54, 1.807) is 0 Å². The highest BCUT2D eigenvalue weighted by molar-refractivity contribution is 5.80. The molecule has 0 aliphatic carbocycles. The Morgan fingerprint density at radius 3 is 1.53 bits per heavy atom. The van der Waals surface area contributed by atoms with Gasteiger partial charge in [0.1, 0.15) is 0 Å². The fourth-order valence-corrected chi connectivity index (χ4v) is 1.17. The van der Waals surface area contributed by atoms with Crippen LogP contribution in [0.15, 0.2) is 0 Å². The normalized spacial score (nSPS) is 12.3. The summed E-state index contributed by atoms with van der Waals surface area (Å²) >= 11 is 0. The van der Waals surface area contributed by atoms with E-state index in [1.165, 1.54) is 0 Å². The zero-order valence-electron chi connectivity index (χ0n) is 8.02. The van der Waals surface area contributed by atoms with Crippen molar-refractivity contribution in [2.24, 2.45) is 0 Å². The van der Waals surface area contributed by atoms with Crippen LogP contribution in [0.2, 0.25) is 0 Å². The van der Waals surface area contributed by atoms with Crippen molar-refractivity contribution in [3.05, 3.63) is 5.56 Å². The quantitative estimate of drug-likeness (QED) is 0.166. The Bertz CT molecular complexity index is 438. The van der Waals surface area contributed by atoms with Crippen LogP contribution >= 0.6 is 0 Å². The lowest BCUT2D eigenvalue weighted by atomic mass is 10.0. The van der Waals surface area contributed by atoms with Crippen molar-refractivity contribution in [3.63, 3.8) is 0 Å². The molecule has 9 heteroatoms. The summed E-state index contributed by atoms with van der Waals surface area (Å²) in [7, 11) is 0. The van der Waals surface area contributed by atoms with E-state index in [2.05, 4.69) is 4.89 Å². The number of carboxylic acids is 1. The van der Waals surface area contributed by atoms with Gasteiger partial charge in [-0.3, -0.25) is 5.26 Å². The molecule has 9 nitrogen and oxygen atoms in total. The molecule has 1 aromatic carbocycles. The molecule has 0 aliphatic heterocycles. The second-order valence-corrected chi connectivity index (χ2v) is 2.98. The highest BCUT2D eigenvalue weighted by Crippen LogP contribution is 2.53. The Kier molecular flexibility index (Phi) is 3.16. The molecule has 1 rings (SSSR count). The van der Waals surface area contributed by atoms with Crippen LogP contribution < -0.4 is 0 Å². The second kappa shape index (κ2) is 4.23. The van der Waals surface area contributed by atoms with Crippen molar-refractivity contribution in [2.45, 2.75) is 6.10 Å². The van der Waals surface area contributed by atoms with Crippen LogP contribution in [0.1, 0.15) is 11.7 Å². The maximum absolute atomic E-state index is 10.6. The van der Waals surface area contributed by atoms with Crippen molar-refractivity contribution in [1.29, 1.82) is 0 Å². The van der Waals surface area contributed by atoms with E-state index in [0.717, 1.165) is 0 Å². The SMILES string of the molecule is O=C(O)C(OO)c1c(O)c(O)c(O)c(O)c1O. The van der Waals surface area contributed by atoms with Crippen LogP contribution in [0, 0.1) is 0 Å². The summed E-state index contributed by atoms with van der Waals surface area (Å²) in [6.07, 6.45) is -2.26. The molecule has 0 spiro atoms. The predicted molar refractivity (Wildman–Crippen MR) is 48.9 cm³/mol. The number of aliphatic carboxylic acids is 1. The molecule has 0 saturated carbocycles.